The minimum Gasteiger partial charge on any atom is -0.328 e. The van der Waals surface area contributed by atoms with Crippen molar-refractivity contribution < 1.29 is 0 Å². The van der Waals surface area contributed by atoms with Crippen LogP contribution < -0.4 is 5.73 Å². The summed E-state index contributed by atoms with van der Waals surface area (Å²) in [5, 5.41) is 0. The van der Waals surface area contributed by atoms with Gasteiger partial charge in [0, 0.05) is 12.1 Å². The first-order chi connectivity index (χ1) is 7.13. The van der Waals surface area contributed by atoms with Gasteiger partial charge in [-0.3, -0.25) is 0 Å². The minimum atomic E-state index is 0.397. The van der Waals surface area contributed by atoms with Crippen molar-refractivity contribution in [1.82, 2.24) is 4.90 Å². The Hall–Kier alpha value is -0.0800. The average molecular weight is 212 g/mol. The topological polar surface area (TPSA) is 29.3 Å². The van der Waals surface area contributed by atoms with E-state index in [4.69, 9.17) is 5.73 Å². The summed E-state index contributed by atoms with van der Waals surface area (Å²) in [4.78, 5) is 2.53. The van der Waals surface area contributed by atoms with E-state index >= 15 is 0 Å². The van der Waals surface area contributed by atoms with Crippen LogP contribution in [0, 0.1) is 5.92 Å². The molecule has 0 aromatic heterocycles. The lowest BCUT2D eigenvalue weighted by Crippen LogP contribution is -2.38. The number of nitrogens with zero attached hydrogens (tertiary/aromatic N) is 1. The van der Waals surface area contributed by atoms with Crippen molar-refractivity contribution >= 4 is 0 Å². The Morgan fingerprint density at radius 2 is 2.13 bits per heavy atom. The van der Waals surface area contributed by atoms with Crippen LogP contribution in [0.1, 0.15) is 52.4 Å². The molecule has 1 rings (SSSR count). The summed E-state index contributed by atoms with van der Waals surface area (Å²) in [5.74, 6) is 0.922. The van der Waals surface area contributed by atoms with Gasteiger partial charge in [0.1, 0.15) is 0 Å². The van der Waals surface area contributed by atoms with Crippen LogP contribution in [-0.2, 0) is 0 Å². The second-order valence-corrected chi connectivity index (χ2v) is 5.36. The Kier molecular flexibility index (Phi) is 5.62. The van der Waals surface area contributed by atoms with Crippen molar-refractivity contribution in [2.24, 2.45) is 11.7 Å². The van der Waals surface area contributed by atoms with E-state index in [1.54, 1.807) is 0 Å². The van der Waals surface area contributed by atoms with E-state index in [1.807, 2.05) is 0 Å². The maximum absolute atomic E-state index is 5.95. The van der Waals surface area contributed by atoms with Crippen LogP contribution >= 0.6 is 0 Å². The predicted octanol–water partition coefficient (Wildman–Crippen LogP) is 2.62. The zero-order valence-electron chi connectivity index (χ0n) is 10.7. The van der Waals surface area contributed by atoms with Gasteiger partial charge in [0.2, 0.25) is 0 Å². The third-order valence-corrected chi connectivity index (χ3v) is 3.91. The van der Waals surface area contributed by atoms with Crippen LogP contribution in [-0.4, -0.2) is 30.6 Å². The molecular weight excluding hydrogens is 184 g/mol. The fourth-order valence-electron chi connectivity index (χ4n) is 2.56. The Labute approximate surface area is 95.2 Å². The molecule has 90 valence electrons. The first-order valence-electron chi connectivity index (χ1n) is 6.59. The highest BCUT2D eigenvalue weighted by molar-refractivity contribution is 4.77. The maximum Gasteiger partial charge on any atom is 0.00947 e. The molecule has 0 saturated heterocycles. The summed E-state index contributed by atoms with van der Waals surface area (Å²) in [6.45, 7) is 5.73. The Morgan fingerprint density at radius 3 is 2.73 bits per heavy atom. The highest BCUT2D eigenvalue weighted by Gasteiger charge is 2.22. The lowest BCUT2D eigenvalue weighted by atomic mass is 9.86. The van der Waals surface area contributed by atoms with Gasteiger partial charge < -0.3 is 10.6 Å². The Morgan fingerprint density at radius 1 is 1.40 bits per heavy atom. The van der Waals surface area contributed by atoms with Crippen LogP contribution in [0.4, 0.5) is 0 Å². The van der Waals surface area contributed by atoms with E-state index < -0.39 is 0 Å². The van der Waals surface area contributed by atoms with Crippen molar-refractivity contribution in [3.8, 4) is 0 Å². The highest BCUT2D eigenvalue weighted by Crippen LogP contribution is 2.26. The third kappa shape index (κ3) is 4.52. The molecule has 0 aliphatic heterocycles. The summed E-state index contributed by atoms with van der Waals surface area (Å²) in [5.41, 5.74) is 5.95. The van der Waals surface area contributed by atoms with Gasteiger partial charge in [-0.05, 0) is 45.2 Å². The molecule has 0 amide bonds. The van der Waals surface area contributed by atoms with E-state index in [9.17, 15) is 0 Å². The summed E-state index contributed by atoms with van der Waals surface area (Å²) in [6.07, 6.45) is 7.88. The number of hydrogen-bond acceptors (Lipinski definition) is 2. The second-order valence-electron chi connectivity index (χ2n) is 5.36. The average Bonchev–Trinajstić information content (AvgIpc) is 2.25. The van der Waals surface area contributed by atoms with E-state index in [-0.39, 0.29) is 0 Å². The molecule has 0 radical (unpaired) electrons. The number of rotatable bonds is 5. The van der Waals surface area contributed by atoms with E-state index in [0.29, 0.717) is 6.04 Å². The fourth-order valence-corrected chi connectivity index (χ4v) is 2.56. The molecule has 0 bridgehead atoms. The van der Waals surface area contributed by atoms with Gasteiger partial charge in [0.25, 0.3) is 0 Å². The van der Waals surface area contributed by atoms with Crippen LogP contribution in [0.2, 0.25) is 0 Å². The van der Waals surface area contributed by atoms with Crippen LogP contribution in [0.25, 0.3) is 0 Å². The quantitative estimate of drug-likeness (QED) is 0.759. The molecule has 0 heterocycles. The third-order valence-electron chi connectivity index (χ3n) is 3.91. The van der Waals surface area contributed by atoms with Crippen molar-refractivity contribution in [1.29, 1.82) is 0 Å². The summed E-state index contributed by atoms with van der Waals surface area (Å²) in [6, 6.07) is 1.21. The lowest BCUT2D eigenvalue weighted by molar-refractivity contribution is 0.160. The number of nitrogens with two attached hydrogens (primary N) is 1. The monoisotopic (exact) mass is 212 g/mol. The molecule has 1 saturated carbocycles. The van der Waals surface area contributed by atoms with Gasteiger partial charge in [0.15, 0.2) is 0 Å². The molecule has 0 aromatic carbocycles. The van der Waals surface area contributed by atoms with Gasteiger partial charge in [-0.15, -0.1) is 0 Å². The molecular formula is C13H28N2. The predicted molar refractivity (Wildman–Crippen MR) is 66.9 cm³/mol. The molecule has 1 aliphatic carbocycles. The van der Waals surface area contributed by atoms with Crippen molar-refractivity contribution in [3.63, 3.8) is 0 Å². The molecule has 0 spiro atoms. The summed E-state index contributed by atoms with van der Waals surface area (Å²) in [7, 11) is 2.27. The Bertz CT molecular complexity index is 170. The van der Waals surface area contributed by atoms with Crippen molar-refractivity contribution in [2.45, 2.75) is 64.5 Å². The first kappa shape index (κ1) is 13.0. The van der Waals surface area contributed by atoms with E-state index in [1.165, 1.54) is 32.2 Å². The van der Waals surface area contributed by atoms with Crippen molar-refractivity contribution in [3.05, 3.63) is 0 Å². The largest absolute Gasteiger partial charge is 0.328 e. The molecule has 1 fully saturated rings. The molecule has 15 heavy (non-hydrogen) atoms. The summed E-state index contributed by atoms with van der Waals surface area (Å²) < 4.78 is 0. The van der Waals surface area contributed by atoms with Crippen LogP contribution in [0.5, 0.6) is 0 Å². The fraction of sp³-hybridized carbons (Fsp3) is 1.00. The minimum absolute atomic E-state index is 0.397. The van der Waals surface area contributed by atoms with Gasteiger partial charge in [-0.2, -0.15) is 0 Å². The standard InChI is InChI=1S/C13H28N2/c1-4-12(14)8-9-15(3)13-7-5-6-11(2)10-13/h11-13H,4-10,14H2,1-3H3. The molecule has 2 heteroatoms. The zero-order valence-corrected chi connectivity index (χ0v) is 10.7. The molecule has 3 unspecified atom stereocenters. The molecule has 0 aromatic rings. The second kappa shape index (κ2) is 6.49. The van der Waals surface area contributed by atoms with Crippen LogP contribution in [0.15, 0.2) is 0 Å². The smallest absolute Gasteiger partial charge is 0.00947 e. The van der Waals surface area contributed by atoms with E-state index in [0.717, 1.165) is 24.8 Å². The Balaban J connectivity index is 2.23. The van der Waals surface area contributed by atoms with Crippen molar-refractivity contribution in [2.75, 3.05) is 13.6 Å². The lowest BCUT2D eigenvalue weighted by Gasteiger charge is -2.34. The van der Waals surface area contributed by atoms with Gasteiger partial charge in [0.05, 0.1) is 0 Å². The molecule has 3 atom stereocenters. The normalized spacial score (nSPS) is 29.4. The highest BCUT2D eigenvalue weighted by atomic mass is 15.1. The first-order valence-corrected chi connectivity index (χ1v) is 6.59. The molecule has 2 nitrogen and oxygen atoms in total. The molecule has 2 N–H and O–H groups in total. The SMILES string of the molecule is CCC(N)CCN(C)C1CCCC(C)C1. The van der Waals surface area contributed by atoms with Gasteiger partial charge in [-0.25, -0.2) is 0 Å². The number of hydrogen-bond donors (Lipinski definition) is 1. The van der Waals surface area contributed by atoms with Gasteiger partial charge >= 0.3 is 0 Å². The summed E-state index contributed by atoms with van der Waals surface area (Å²) >= 11 is 0. The van der Waals surface area contributed by atoms with Crippen LogP contribution in [0.3, 0.4) is 0 Å². The molecule has 1 aliphatic rings. The zero-order chi connectivity index (χ0) is 11.3. The maximum atomic E-state index is 5.95. The van der Waals surface area contributed by atoms with E-state index in [2.05, 4.69) is 25.8 Å². The van der Waals surface area contributed by atoms with Gasteiger partial charge in [-0.1, -0.05) is 26.7 Å².